The van der Waals surface area contributed by atoms with E-state index in [9.17, 15) is 18.0 Å². The molecule has 0 saturated heterocycles. The van der Waals surface area contributed by atoms with Gasteiger partial charge in [0.15, 0.2) is 0 Å². The topological polar surface area (TPSA) is 73.8 Å². The number of benzene rings is 1. The molecule has 170 valence electrons. The van der Waals surface area contributed by atoms with Crippen LogP contribution in [0.3, 0.4) is 0 Å². The average Bonchev–Trinajstić information content (AvgIpc) is 2.78. The molecule has 3 rings (SSSR count). The first kappa shape index (κ1) is 23.4. The predicted molar refractivity (Wildman–Crippen MR) is 111 cm³/mol. The number of nitrogens with zero attached hydrogens (tertiary/aromatic N) is 3. The number of aromatic nitrogens is 2. The highest BCUT2D eigenvalue weighted by Crippen LogP contribution is 2.30. The van der Waals surface area contributed by atoms with Crippen molar-refractivity contribution in [1.29, 1.82) is 0 Å². The smallest absolute Gasteiger partial charge is 0.417 e. The molecule has 0 spiro atoms. The molecule has 2 heterocycles. The molecule has 0 aliphatic heterocycles. The quantitative estimate of drug-likeness (QED) is 0.488. The van der Waals surface area contributed by atoms with Gasteiger partial charge < -0.3 is 19.1 Å². The lowest BCUT2D eigenvalue weighted by Crippen LogP contribution is -2.36. The summed E-state index contributed by atoms with van der Waals surface area (Å²) < 4.78 is 53.6. The van der Waals surface area contributed by atoms with Crippen LogP contribution in [0.5, 0.6) is 11.6 Å². The molecule has 0 unspecified atom stereocenters. The van der Waals surface area contributed by atoms with Crippen LogP contribution < -0.4 is 4.74 Å². The number of halogens is 3. The molecular formula is C22H22F3N3O4. The summed E-state index contributed by atoms with van der Waals surface area (Å²) in [5.74, 6) is 0.173. The maximum Gasteiger partial charge on any atom is 0.417 e. The first-order chi connectivity index (χ1) is 15.3. The minimum atomic E-state index is -4.46. The maximum atomic E-state index is 12.8. The minimum Gasteiger partial charge on any atom is -0.439 e. The minimum absolute atomic E-state index is 0.0315. The Bertz CT molecular complexity index is 1050. The fraction of sp³-hybridized carbons (Fsp3) is 0.318. The van der Waals surface area contributed by atoms with Crippen LogP contribution in [-0.4, -0.2) is 61.3 Å². The van der Waals surface area contributed by atoms with E-state index >= 15 is 0 Å². The van der Waals surface area contributed by atoms with E-state index in [0.29, 0.717) is 43.0 Å². The van der Waals surface area contributed by atoms with E-state index in [0.717, 1.165) is 18.3 Å². The average molecular weight is 449 g/mol. The third-order valence-electron chi connectivity index (χ3n) is 4.58. The molecule has 1 aromatic carbocycles. The first-order valence-corrected chi connectivity index (χ1v) is 9.71. The molecule has 10 heteroatoms. The van der Waals surface area contributed by atoms with E-state index in [4.69, 9.17) is 14.2 Å². The van der Waals surface area contributed by atoms with E-state index in [1.54, 1.807) is 49.5 Å². The van der Waals surface area contributed by atoms with Crippen molar-refractivity contribution in [2.45, 2.75) is 6.18 Å². The molecule has 0 fully saturated rings. The summed E-state index contributed by atoms with van der Waals surface area (Å²) in [6, 6.07) is 10.3. The second-order valence-corrected chi connectivity index (χ2v) is 6.81. The van der Waals surface area contributed by atoms with Crippen molar-refractivity contribution in [1.82, 2.24) is 14.9 Å². The van der Waals surface area contributed by atoms with E-state index in [1.807, 2.05) is 0 Å². The standard InChI is InChI=1S/C22H22F3N3O4/c1-30-11-9-28(10-12-31-2)21(29)19-6-3-15-13-17(5-7-18(15)27-19)32-20-8-4-16(14-26-20)22(23,24)25/h3-8,13-14H,9-12H2,1-2H3. The van der Waals surface area contributed by atoms with Gasteiger partial charge in [0.25, 0.3) is 5.91 Å². The van der Waals surface area contributed by atoms with Gasteiger partial charge in [0.05, 0.1) is 24.3 Å². The molecular weight excluding hydrogens is 427 g/mol. The molecule has 0 N–H and O–H groups in total. The van der Waals surface area contributed by atoms with Gasteiger partial charge in [-0.25, -0.2) is 9.97 Å². The Morgan fingerprint density at radius 1 is 1.00 bits per heavy atom. The summed E-state index contributed by atoms with van der Waals surface area (Å²) in [6.07, 6.45) is -3.74. The van der Waals surface area contributed by atoms with E-state index in [2.05, 4.69) is 9.97 Å². The highest BCUT2D eigenvalue weighted by Gasteiger charge is 2.30. The summed E-state index contributed by atoms with van der Waals surface area (Å²) >= 11 is 0. The van der Waals surface area contributed by atoms with Gasteiger partial charge >= 0.3 is 6.18 Å². The van der Waals surface area contributed by atoms with E-state index in [1.165, 1.54) is 0 Å². The van der Waals surface area contributed by atoms with Crippen molar-refractivity contribution in [2.75, 3.05) is 40.5 Å². The van der Waals surface area contributed by atoms with Gasteiger partial charge in [0, 0.05) is 45.0 Å². The molecule has 0 aliphatic carbocycles. The monoisotopic (exact) mass is 449 g/mol. The fourth-order valence-electron chi connectivity index (χ4n) is 2.90. The fourth-order valence-corrected chi connectivity index (χ4v) is 2.90. The zero-order valence-corrected chi connectivity index (χ0v) is 17.6. The number of carbonyl (C=O) groups is 1. The van der Waals surface area contributed by atoms with Crippen LogP contribution in [0.4, 0.5) is 13.2 Å². The summed E-state index contributed by atoms with van der Waals surface area (Å²) in [5.41, 5.74) is -0.000377. The van der Waals surface area contributed by atoms with Crippen molar-refractivity contribution < 1.29 is 32.2 Å². The van der Waals surface area contributed by atoms with Crippen LogP contribution in [0, 0.1) is 0 Å². The Hall–Kier alpha value is -3.24. The Morgan fingerprint density at radius 3 is 2.31 bits per heavy atom. The largest absolute Gasteiger partial charge is 0.439 e. The van der Waals surface area contributed by atoms with Crippen LogP contribution >= 0.6 is 0 Å². The number of hydrogen-bond donors (Lipinski definition) is 0. The molecule has 0 radical (unpaired) electrons. The van der Waals surface area contributed by atoms with Gasteiger partial charge in [-0.05, 0) is 30.3 Å². The van der Waals surface area contributed by atoms with Crippen LogP contribution in [0.15, 0.2) is 48.7 Å². The lowest BCUT2D eigenvalue weighted by molar-refractivity contribution is -0.137. The highest BCUT2D eigenvalue weighted by atomic mass is 19.4. The zero-order chi connectivity index (χ0) is 23.1. The third kappa shape index (κ3) is 5.92. The van der Waals surface area contributed by atoms with Crippen molar-refractivity contribution in [3.63, 3.8) is 0 Å². The van der Waals surface area contributed by atoms with Gasteiger partial charge in [-0.2, -0.15) is 13.2 Å². The zero-order valence-electron chi connectivity index (χ0n) is 17.6. The van der Waals surface area contributed by atoms with Gasteiger partial charge in [0.2, 0.25) is 5.88 Å². The van der Waals surface area contributed by atoms with E-state index < -0.39 is 11.7 Å². The number of amides is 1. The molecule has 32 heavy (non-hydrogen) atoms. The van der Waals surface area contributed by atoms with Gasteiger partial charge in [-0.1, -0.05) is 6.07 Å². The van der Waals surface area contributed by atoms with Gasteiger partial charge in [0.1, 0.15) is 11.4 Å². The first-order valence-electron chi connectivity index (χ1n) is 9.71. The predicted octanol–water partition coefficient (Wildman–Crippen LogP) is 4.18. The van der Waals surface area contributed by atoms with Gasteiger partial charge in [-0.15, -0.1) is 0 Å². The molecule has 3 aromatic rings. The normalized spacial score (nSPS) is 11.5. The summed E-state index contributed by atoms with van der Waals surface area (Å²) in [6.45, 7) is 1.60. The van der Waals surface area contributed by atoms with Crippen molar-refractivity contribution >= 4 is 16.8 Å². The van der Waals surface area contributed by atoms with Crippen LogP contribution in [0.1, 0.15) is 16.1 Å². The maximum absolute atomic E-state index is 12.8. The summed E-state index contributed by atoms with van der Waals surface area (Å²) in [4.78, 5) is 22.6. The lowest BCUT2D eigenvalue weighted by atomic mass is 10.2. The number of pyridine rings is 2. The van der Waals surface area contributed by atoms with Crippen molar-refractivity contribution in [3.8, 4) is 11.6 Å². The molecule has 0 aliphatic rings. The molecule has 0 saturated carbocycles. The second-order valence-electron chi connectivity index (χ2n) is 6.81. The summed E-state index contributed by atoms with van der Waals surface area (Å²) in [7, 11) is 3.13. The highest BCUT2D eigenvalue weighted by molar-refractivity contribution is 5.95. The van der Waals surface area contributed by atoms with Crippen molar-refractivity contribution in [3.05, 3.63) is 59.9 Å². The molecule has 2 aromatic heterocycles. The second kappa shape index (κ2) is 10.4. The molecule has 0 atom stereocenters. The number of alkyl halides is 3. The Balaban J connectivity index is 1.76. The number of methoxy groups -OCH3 is 2. The van der Waals surface area contributed by atoms with Crippen LogP contribution in [0.2, 0.25) is 0 Å². The number of carbonyl (C=O) groups excluding carboxylic acids is 1. The van der Waals surface area contributed by atoms with E-state index in [-0.39, 0.29) is 17.5 Å². The Kier molecular flexibility index (Phi) is 7.60. The van der Waals surface area contributed by atoms with Crippen LogP contribution in [-0.2, 0) is 15.7 Å². The molecule has 7 nitrogen and oxygen atoms in total. The Morgan fingerprint density at radius 2 is 1.72 bits per heavy atom. The van der Waals surface area contributed by atoms with Gasteiger partial charge in [-0.3, -0.25) is 4.79 Å². The number of rotatable bonds is 9. The SMILES string of the molecule is COCCN(CCOC)C(=O)c1ccc2cc(Oc3ccc(C(F)(F)F)cn3)ccc2n1. The van der Waals surface area contributed by atoms with Crippen LogP contribution in [0.25, 0.3) is 10.9 Å². The molecule has 1 amide bonds. The third-order valence-corrected chi connectivity index (χ3v) is 4.58. The van der Waals surface area contributed by atoms with Crippen molar-refractivity contribution in [2.24, 2.45) is 0 Å². The summed E-state index contributed by atoms with van der Waals surface area (Å²) in [5, 5.41) is 0.700. The lowest BCUT2D eigenvalue weighted by Gasteiger charge is -2.21. The number of ether oxygens (including phenoxy) is 3. The number of fused-ring (bicyclic) bond motifs is 1. The Labute approximate surface area is 182 Å². The number of hydrogen-bond acceptors (Lipinski definition) is 6. The molecule has 0 bridgehead atoms.